The van der Waals surface area contributed by atoms with Gasteiger partial charge >= 0.3 is 0 Å². The molecule has 0 heterocycles. The van der Waals surface area contributed by atoms with Gasteiger partial charge in [-0.3, -0.25) is 0 Å². The Morgan fingerprint density at radius 1 is 1.16 bits per heavy atom. The Bertz CT molecular complexity index is 481. The normalized spacial score (nSPS) is 11.8. The van der Waals surface area contributed by atoms with E-state index in [0.717, 1.165) is 11.3 Å². The molecule has 0 unspecified atom stereocenters. The third-order valence-electron chi connectivity index (χ3n) is 2.55. The molecule has 0 aliphatic carbocycles. The molecular formula is C13H23N3O2S. The van der Waals surface area contributed by atoms with Crippen LogP contribution in [0, 0.1) is 0 Å². The summed E-state index contributed by atoms with van der Waals surface area (Å²) in [6.07, 6.45) is 0.673. The van der Waals surface area contributed by atoms with Crippen LogP contribution in [0.25, 0.3) is 0 Å². The van der Waals surface area contributed by atoms with Gasteiger partial charge in [0.2, 0.25) is 0 Å². The molecule has 0 bridgehead atoms. The van der Waals surface area contributed by atoms with Gasteiger partial charge in [-0.2, -0.15) is 13.1 Å². The second kappa shape index (κ2) is 6.88. The Hall–Kier alpha value is -1.11. The molecule has 19 heavy (non-hydrogen) atoms. The minimum atomic E-state index is -3.38. The van der Waals surface area contributed by atoms with Gasteiger partial charge in [0.05, 0.1) is 0 Å². The van der Waals surface area contributed by atoms with E-state index in [2.05, 4.69) is 9.44 Å². The smallest absolute Gasteiger partial charge is 0.277 e. The minimum Gasteiger partial charge on any atom is -0.378 e. The molecule has 0 fully saturated rings. The maximum atomic E-state index is 11.5. The van der Waals surface area contributed by atoms with E-state index >= 15 is 0 Å². The van der Waals surface area contributed by atoms with Crippen molar-refractivity contribution in [3.63, 3.8) is 0 Å². The summed E-state index contributed by atoms with van der Waals surface area (Å²) in [7, 11) is 0.593. The molecule has 6 heteroatoms. The summed E-state index contributed by atoms with van der Waals surface area (Å²) in [5.41, 5.74) is 2.24. The number of rotatable bonds is 7. The highest BCUT2D eigenvalue weighted by Gasteiger charge is 2.09. The number of hydrogen-bond acceptors (Lipinski definition) is 3. The first kappa shape index (κ1) is 15.9. The van der Waals surface area contributed by atoms with Crippen molar-refractivity contribution in [3.05, 3.63) is 29.8 Å². The van der Waals surface area contributed by atoms with Gasteiger partial charge in [0.25, 0.3) is 10.2 Å². The van der Waals surface area contributed by atoms with Gasteiger partial charge in [-0.25, -0.2) is 4.72 Å². The van der Waals surface area contributed by atoms with Crippen molar-refractivity contribution >= 4 is 15.9 Å². The van der Waals surface area contributed by atoms with Crippen molar-refractivity contribution in [3.8, 4) is 0 Å². The van der Waals surface area contributed by atoms with Crippen molar-refractivity contribution in [2.75, 3.05) is 25.5 Å². The van der Waals surface area contributed by atoms with Crippen molar-refractivity contribution in [2.45, 2.75) is 26.3 Å². The second-order valence-electron chi connectivity index (χ2n) is 4.98. The highest BCUT2D eigenvalue weighted by molar-refractivity contribution is 7.87. The van der Waals surface area contributed by atoms with E-state index in [4.69, 9.17) is 0 Å². The molecule has 0 radical (unpaired) electrons. The molecule has 0 saturated carbocycles. The van der Waals surface area contributed by atoms with Crippen LogP contribution in [0.2, 0.25) is 0 Å². The van der Waals surface area contributed by atoms with Crippen LogP contribution in [0.15, 0.2) is 24.3 Å². The first-order valence-electron chi connectivity index (χ1n) is 6.33. The van der Waals surface area contributed by atoms with E-state index < -0.39 is 10.2 Å². The fraction of sp³-hybridized carbons (Fsp3) is 0.538. The zero-order chi connectivity index (χ0) is 14.5. The Morgan fingerprint density at radius 3 is 2.21 bits per heavy atom. The standard InChI is InChI=1S/C13H23N3O2S/c1-11(2)15-19(17,18)14-10-9-12-5-7-13(8-6-12)16(3)4/h5-8,11,14-15H,9-10H2,1-4H3. The zero-order valence-electron chi connectivity index (χ0n) is 12.0. The lowest BCUT2D eigenvalue weighted by Crippen LogP contribution is -2.41. The van der Waals surface area contributed by atoms with E-state index in [0.29, 0.717) is 13.0 Å². The van der Waals surface area contributed by atoms with Crippen LogP contribution >= 0.6 is 0 Å². The van der Waals surface area contributed by atoms with E-state index in [1.807, 2.05) is 43.3 Å². The maximum absolute atomic E-state index is 11.5. The zero-order valence-corrected chi connectivity index (χ0v) is 12.8. The fourth-order valence-corrected chi connectivity index (χ4v) is 2.72. The first-order valence-corrected chi connectivity index (χ1v) is 7.81. The van der Waals surface area contributed by atoms with Gasteiger partial charge in [-0.05, 0) is 38.0 Å². The van der Waals surface area contributed by atoms with Crippen LogP contribution in [-0.4, -0.2) is 35.1 Å². The summed E-state index contributed by atoms with van der Waals surface area (Å²) in [4.78, 5) is 2.03. The predicted molar refractivity (Wildman–Crippen MR) is 79.7 cm³/mol. The van der Waals surface area contributed by atoms with Crippen LogP contribution in [0.5, 0.6) is 0 Å². The van der Waals surface area contributed by atoms with Crippen molar-refractivity contribution in [1.82, 2.24) is 9.44 Å². The van der Waals surface area contributed by atoms with Gasteiger partial charge in [-0.1, -0.05) is 12.1 Å². The second-order valence-corrected chi connectivity index (χ2v) is 6.51. The third kappa shape index (κ3) is 6.04. The van der Waals surface area contributed by atoms with Crippen LogP contribution in [0.3, 0.4) is 0 Å². The number of anilines is 1. The lowest BCUT2D eigenvalue weighted by Gasteiger charge is -2.13. The Morgan fingerprint density at radius 2 is 1.74 bits per heavy atom. The molecule has 0 amide bonds. The van der Waals surface area contributed by atoms with Crippen molar-refractivity contribution in [2.24, 2.45) is 0 Å². The molecule has 1 rings (SSSR count). The number of nitrogens with zero attached hydrogens (tertiary/aromatic N) is 1. The molecule has 0 spiro atoms. The fourth-order valence-electron chi connectivity index (χ4n) is 1.64. The summed E-state index contributed by atoms with van der Waals surface area (Å²) in [6.45, 7) is 3.97. The van der Waals surface area contributed by atoms with Crippen LogP contribution in [-0.2, 0) is 16.6 Å². The van der Waals surface area contributed by atoms with Gasteiger partial charge in [-0.15, -0.1) is 0 Å². The summed E-state index contributed by atoms with van der Waals surface area (Å²) in [6, 6.07) is 7.97. The average Bonchev–Trinajstić information content (AvgIpc) is 2.27. The monoisotopic (exact) mass is 285 g/mol. The average molecular weight is 285 g/mol. The first-order chi connectivity index (χ1) is 8.80. The Balaban J connectivity index is 2.45. The number of nitrogens with one attached hydrogen (secondary N) is 2. The lowest BCUT2D eigenvalue weighted by atomic mass is 10.1. The third-order valence-corrected chi connectivity index (χ3v) is 3.92. The van der Waals surface area contributed by atoms with Crippen molar-refractivity contribution < 1.29 is 8.42 Å². The minimum absolute atomic E-state index is 0.100. The molecule has 0 aromatic heterocycles. The topological polar surface area (TPSA) is 61.4 Å². The highest BCUT2D eigenvalue weighted by Crippen LogP contribution is 2.12. The molecule has 1 aromatic carbocycles. The van der Waals surface area contributed by atoms with Crippen LogP contribution < -0.4 is 14.3 Å². The largest absolute Gasteiger partial charge is 0.378 e. The van der Waals surface area contributed by atoms with Crippen molar-refractivity contribution in [1.29, 1.82) is 0 Å². The SMILES string of the molecule is CC(C)NS(=O)(=O)NCCc1ccc(N(C)C)cc1. The van der Waals surface area contributed by atoms with E-state index in [9.17, 15) is 8.42 Å². The molecular weight excluding hydrogens is 262 g/mol. The van der Waals surface area contributed by atoms with Gasteiger partial charge < -0.3 is 4.90 Å². The summed E-state index contributed by atoms with van der Waals surface area (Å²) in [5.74, 6) is 0. The van der Waals surface area contributed by atoms with Gasteiger partial charge in [0, 0.05) is 32.4 Å². The van der Waals surface area contributed by atoms with Crippen LogP contribution in [0.4, 0.5) is 5.69 Å². The summed E-state index contributed by atoms with van der Waals surface area (Å²) in [5, 5.41) is 0. The molecule has 0 aliphatic heterocycles. The molecule has 0 atom stereocenters. The van der Waals surface area contributed by atoms with Crippen LogP contribution in [0.1, 0.15) is 19.4 Å². The summed E-state index contributed by atoms with van der Waals surface area (Å²) < 4.78 is 28.1. The van der Waals surface area contributed by atoms with Gasteiger partial charge in [0.1, 0.15) is 0 Å². The predicted octanol–water partition coefficient (Wildman–Crippen LogP) is 1.13. The molecule has 108 valence electrons. The maximum Gasteiger partial charge on any atom is 0.277 e. The van der Waals surface area contributed by atoms with E-state index in [1.165, 1.54) is 0 Å². The van der Waals surface area contributed by atoms with E-state index in [1.54, 1.807) is 13.8 Å². The molecule has 2 N–H and O–H groups in total. The highest BCUT2D eigenvalue weighted by atomic mass is 32.2. The molecule has 0 saturated heterocycles. The summed E-state index contributed by atoms with van der Waals surface area (Å²) >= 11 is 0. The van der Waals surface area contributed by atoms with E-state index in [-0.39, 0.29) is 6.04 Å². The molecule has 1 aromatic rings. The Kier molecular flexibility index (Phi) is 5.78. The lowest BCUT2D eigenvalue weighted by molar-refractivity contribution is 0.555. The molecule has 0 aliphatic rings. The molecule has 5 nitrogen and oxygen atoms in total. The quantitative estimate of drug-likeness (QED) is 0.789. The Labute approximate surface area is 116 Å². The number of benzene rings is 1. The number of hydrogen-bond donors (Lipinski definition) is 2. The van der Waals surface area contributed by atoms with Gasteiger partial charge in [0.15, 0.2) is 0 Å².